The fourth-order valence-electron chi connectivity index (χ4n) is 2.33. The van der Waals surface area contributed by atoms with Crippen LogP contribution in [-0.4, -0.2) is 27.6 Å². The number of hydrogen-bond acceptors (Lipinski definition) is 2. The number of halogens is 1. The van der Waals surface area contributed by atoms with Crippen LogP contribution >= 0.6 is 15.9 Å². The van der Waals surface area contributed by atoms with E-state index in [2.05, 4.69) is 21.0 Å². The molecule has 1 heterocycles. The van der Waals surface area contributed by atoms with Gasteiger partial charge in [0.1, 0.15) is 0 Å². The third-order valence-electron chi connectivity index (χ3n) is 3.78. The number of carbonyl (C=O) groups is 1. The molecule has 0 atom stereocenters. The lowest BCUT2D eigenvalue weighted by atomic mass is 10.1. The molecule has 0 unspecified atom stereocenters. The van der Waals surface area contributed by atoms with Gasteiger partial charge in [-0.3, -0.25) is 9.48 Å². The highest BCUT2D eigenvalue weighted by Gasteiger charge is 2.17. The van der Waals surface area contributed by atoms with Crippen molar-refractivity contribution in [1.82, 2.24) is 14.7 Å². The molecule has 0 N–H and O–H groups in total. The van der Waals surface area contributed by atoms with Crippen molar-refractivity contribution >= 4 is 21.8 Å². The molecule has 0 aliphatic heterocycles. The fourth-order valence-corrected chi connectivity index (χ4v) is 2.74. The summed E-state index contributed by atoms with van der Waals surface area (Å²) in [5.41, 5.74) is 4.11. The van der Waals surface area contributed by atoms with Gasteiger partial charge in [0, 0.05) is 36.4 Å². The van der Waals surface area contributed by atoms with Crippen LogP contribution in [0, 0.1) is 13.8 Å². The third-order valence-corrected chi connectivity index (χ3v) is 4.55. The van der Waals surface area contributed by atoms with E-state index in [4.69, 9.17) is 0 Å². The van der Waals surface area contributed by atoms with Gasteiger partial charge < -0.3 is 4.90 Å². The van der Waals surface area contributed by atoms with E-state index in [1.165, 1.54) is 0 Å². The summed E-state index contributed by atoms with van der Waals surface area (Å²) in [5, 5.41) is 4.36. The molecule has 2 aromatic rings. The van der Waals surface area contributed by atoms with Crippen LogP contribution in [-0.2, 0) is 24.8 Å². The second-order valence-corrected chi connectivity index (χ2v) is 6.15. The minimum atomic E-state index is 0.102. The lowest BCUT2D eigenvalue weighted by Gasteiger charge is -2.18. The molecule has 0 spiro atoms. The maximum atomic E-state index is 12.4. The van der Waals surface area contributed by atoms with Crippen LogP contribution in [0.25, 0.3) is 0 Å². The summed E-state index contributed by atoms with van der Waals surface area (Å²) in [6.07, 6.45) is 0.395. The van der Waals surface area contributed by atoms with Gasteiger partial charge in [0.15, 0.2) is 0 Å². The number of rotatable bonds is 4. The van der Waals surface area contributed by atoms with E-state index in [-0.39, 0.29) is 5.91 Å². The first-order valence-electron chi connectivity index (χ1n) is 6.86. The molecule has 0 bridgehead atoms. The summed E-state index contributed by atoms with van der Waals surface area (Å²) >= 11 is 3.52. The first-order chi connectivity index (χ1) is 9.90. The quantitative estimate of drug-likeness (QED) is 0.850. The number of amides is 1. The summed E-state index contributed by atoms with van der Waals surface area (Å²) in [6.45, 7) is 4.54. The molecule has 0 saturated heterocycles. The summed E-state index contributed by atoms with van der Waals surface area (Å²) in [4.78, 5) is 14.2. The predicted octanol–water partition coefficient (Wildman–Crippen LogP) is 3.00. The minimum Gasteiger partial charge on any atom is -0.341 e. The highest BCUT2D eigenvalue weighted by atomic mass is 79.9. The van der Waals surface area contributed by atoms with Crippen LogP contribution in [0.5, 0.6) is 0 Å². The first-order valence-corrected chi connectivity index (χ1v) is 7.66. The summed E-state index contributed by atoms with van der Waals surface area (Å²) in [7, 11) is 3.74. The standard InChI is InChI=1S/C16H20BrN3O/c1-11-14(12(2)20(4)18-11)9-16(21)19(3)10-13-7-5-6-8-15(13)17/h5-8H,9-10H2,1-4H3. The SMILES string of the molecule is Cc1nn(C)c(C)c1CC(=O)N(C)Cc1ccccc1Br. The number of aryl methyl sites for hydroxylation is 2. The van der Waals surface area contributed by atoms with E-state index >= 15 is 0 Å². The molecule has 1 aromatic heterocycles. The number of carbonyl (C=O) groups excluding carboxylic acids is 1. The Labute approximate surface area is 133 Å². The molecular weight excluding hydrogens is 330 g/mol. The first kappa shape index (κ1) is 15.8. The van der Waals surface area contributed by atoms with Crippen LogP contribution in [0.15, 0.2) is 28.7 Å². The summed E-state index contributed by atoms with van der Waals surface area (Å²) in [5.74, 6) is 0.102. The molecule has 4 nitrogen and oxygen atoms in total. The number of hydrogen-bond donors (Lipinski definition) is 0. The summed E-state index contributed by atoms with van der Waals surface area (Å²) in [6, 6.07) is 7.96. The maximum absolute atomic E-state index is 12.4. The normalized spacial score (nSPS) is 10.7. The maximum Gasteiger partial charge on any atom is 0.227 e. The van der Waals surface area contributed by atoms with Crippen LogP contribution in [0.1, 0.15) is 22.5 Å². The highest BCUT2D eigenvalue weighted by molar-refractivity contribution is 9.10. The van der Waals surface area contributed by atoms with Gasteiger partial charge in [-0.25, -0.2) is 0 Å². The third kappa shape index (κ3) is 3.53. The average Bonchev–Trinajstić information content (AvgIpc) is 2.67. The molecule has 0 aliphatic carbocycles. The molecule has 112 valence electrons. The lowest BCUT2D eigenvalue weighted by molar-refractivity contribution is -0.129. The number of benzene rings is 1. The van der Waals surface area contributed by atoms with Gasteiger partial charge in [-0.1, -0.05) is 34.1 Å². The molecular formula is C16H20BrN3O. The van der Waals surface area contributed by atoms with Crippen LogP contribution in [0.4, 0.5) is 0 Å². The molecule has 2 rings (SSSR count). The van der Waals surface area contributed by atoms with Crippen molar-refractivity contribution in [3.63, 3.8) is 0 Å². The van der Waals surface area contributed by atoms with E-state index in [1.807, 2.05) is 56.9 Å². The van der Waals surface area contributed by atoms with Crippen LogP contribution in [0.3, 0.4) is 0 Å². The van der Waals surface area contributed by atoms with Gasteiger partial charge >= 0.3 is 0 Å². The van der Waals surface area contributed by atoms with Gasteiger partial charge in [0.25, 0.3) is 0 Å². The zero-order chi connectivity index (χ0) is 15.6. The Balaban J connectivity index is 2.08. The van der Waals surface area contributed by atoms with Crippen molar-refractivity contribution in [2.75, 3.05) is 7.05 Å². The molecule has 0 aliphatic rings. The second-order valence-electron chi connectivity index (χ2n) is 5.29. The van der Waals surface area contributed by atoms with E-state index in [0.29, 0.717) is 13.0 Å². The number of nitrogens with zero attached hydrogens (tertiary/aromatic N) is 3. The molecule has 0 saturated carbocycles. The van der Waals surface area contributed by atoms with Crippen molar-refractivity contribution in [2.45, 2.75) is 26.8 Å². The van der Waals surface area contributed by atoms with Gasteiger partial charge in [-0.05, 0) is 25.5 Å². The Morgan fingerprint density at radius 3 is 2.57 bits per heavy atom. The molecule has 5 heteroatoms. The Morgan fingerprint density at radius 2 is 2.00 bits per heavy atom. The van der Waals surface area contributed by atoms with Crippen LogP contribution < -0.4 is 0 Å². The highest BCUT2D eigenvalue weighted by Crippen LogP contribution is 2.18. The van der Waals surface area contributed by atoms with Crippen molar-refractivity contribution in [3.8, 4) is 0 Å². The zero-order valence-corrected chi connectivity index (χ0v) is 14.4. The van der Waals surface area contributed by atoms with E-state index in [0.717, 1.165) is 27.0 Å². The monoisotopic (exact) mass is 349 g/mol. The van der Waals surface area contributed by atoms with Gasteiger partial charge in [-0.2, -0.15) is 5.10 Å². The van der Waals surface area contributed by atoms with Crippen molar-refractivity contribution < 1.29 is 4.79 Å². The molecule has 1 amide bonds. The van der Waals surface area contributed by atoms with Gasteiger partial charge in [0.2, 0.25) is 5.91 Å². The van der Waals surface area contributed by atoms with Crippen LogP contribution in [0.2, 0.25) is 0 Å². The zero-order valence-electron chi connectivity index (χ0n) is 12.9. The van der Waals surface area contributed by atoms with Gasteiger partial charge in [-0.15, -0.1) is 0 Å². The molecule has 0 radical (unpaired) electrons. The largest absolute Gasteiger partial charge is 0.341 e. The Kier molecular flexibility index (Phi) is 4.83. The lowest BCUT2D eigenvalue weighted by Crippen LogP contribution is -2.28. The van der Waals surface area contributed by atoms with E-state index < -0.39 is 0 Å². The average molecular weight is 350 g/mol. The number of likely N-dealkylation sites (N-methyl/N-ethyl adjacent to an activating group) is 1. The predicted molar refractivity (Wildman–Crippen MR) is 87.0 cm³/mol. The van der Waals surface area contributed by atoms with Crippen molar-refractivity contribution in [3.05, 3.63) is 51.3 Å². The van der Waals surface area contributed by atoms with E-state index in [9.17, 15) is 4.79 Å². The van der Waals surface area contributed by atoms with E-state index in [1.54, 1.807) is 4.90 Å². The van der Waals surface area contributed by atoms with Crippen molar-refractivity contribution in [2.24, 2.45) is 7.05 Å². The number of aromatic nitrogens is 2. The molecule has 0 fully saturated rings. The Bertz CT molecular complexity index is 664. The molecule has 1 aromatic carbocycles. The summed E-state index contributed by atoms with van der Waals surface area (Å²) < 4.78 is 2.85. The topological polar surface area (TPSA) is 38.1 Å². The molecule has 21 heavy (non-hydrogen) atoms. The second kappa shape index (κ2) is 6.43. The fraction of sp³-hybridized carbons (Fsp3) is 0.375. The van der Waals surface area contributed by atoms with Crippen molar-refractivity contribution in [1.29, 1.82) is 0 Å². The Hall–Kier alpha value is -1.62. The Morgan fingerprint density at radius 1 is 1.33 bits per heavy atom. The smallest absolute Gasteiger partial charge is 0.227 e. The van der Waals surface area contributed by atoms with Gasteiger partial charge in [0.05, 0.1) is 12.1 Å². The minimum absolute atomic E-state index is 0.102.